The van der Waals surface area contributed by atoms with Crippen LogP contribution < -0.4 is 9.62 Å². The van der Waals surface area contributed by atoms with Crippen LogP contribution in [0.5, 0.6) is 0 Å². The molecular weight excluding hydrogens is 360 g/mol. The molecule has 1 aliphatic heterocycles. The lowest BCUT2D eigenvalue weighted by Crippen LogP contribution is -2.44. The molecule has 0 bridgehead atoms. The molecule has 3 aromatic carbocycles. The van der Waals surface area contributed by atoms with Crippen molar-refractivity contribution in [2.24, 2.45) is 0 Å². The smallest absolute Gasteiger partial charge is 0.265 e. The third-order valence-corrected chi connectivity index (χ3v) is 7.01. The molecule has 1 aliphatic rings. The number of rotatable bonds is 3. The van der Waals surface area contributed by atoms with Crippen molar-refractivity contribution in [2.75, 3.05) is 9.62 Å². The third-order valence-electron chi connectivity index (χ3n) is 5.08. The van der Waals surface area contributed by atoms with Crippen LogP contribution in [0.4, 0.5) is 11.4 Å². The maximum atomic E-state index is 13.1. The average molecular weight is 380 g/mol. The first kappa shape index (κ1) is 17.5. The van der Waals surface area contributed by atoms with Gasteiger partial charge in [-0.15, -0.1) is 0 Å². The summed E-state index contributed by atoms with van der Waals surface area (Å²) in [5.41, 5.74) is 3.14. The number of aryl methyl sites for hydroxylation is 2. The minimum atomic E-state index is -3.78. The van der Waals surface area contributed by atoms with Crippen LogP contribution in [0.1, 0.15) is 18.1 Å². The standard InChI is InChI=1S/C21H20N2O3S/c1-13-7-4-8-14(2)20(13)22-21(24)15(3)23-17-11-5-9-16-10-6-12-18(19(16)17)27(23,25)26/h4-12,15H,1-3H3,(H,22,24)/t15-/m1/s1. The maximum Gasteiger partial charge on any atom is 0.265 e. The lowest BCUT2D eigenvalue weighted by atomic mass is 10.1. The SMILES string of the molecule is Cc1cccc(C)c1NC(=O)[C@@H](C)N1c2cccc3cccc(c23)S1(=O)=O. The van der Waals surface area contributed by atoms with Gasteiger partial charge in [-0.2, -0.15) is 0 Å². The van der Waals surface area contributed by atoms with E-state index in [2.05, 4.69) is 5.32 Å². The lowest BCUT2D eigenvalue weighted by molar-refractivity contribution is -0.116. The molecule has 1 atom stereocenters. The molecule has 0 fully saturated rings. The molecule has 1 N–H and O–H groups in total. The topological polar surface area (TPSA) is 66.5 Å². The number of nitrogens with zero attached hydrogens (tertiary/aromatic N) is 1. The Bertz CT molecular complexity index is 1160. The highest BCUT2D eigenvalue weighted by atomic mass is 32.2. The quantitative estimate of drug-likeness (QED) is 0.747. The Morgan fingerprint density at radius 3 is 2.22 bits per heavy atom. The number of carbonyl (C=O) groups excluding carboxylic acids is 1. The van der Waals surface area contributed by atoms with Crippen LogP contribution in [0.3, 0.4) is 0 Å². The van der Waals surface area contributed by atoms with Crippen LogP contribution in [-0.4, -0.2) is 20.4 Å². The highest BCUT2D eigenvalue weighted by Crippen LogP contribution is 2.43. The summed E-state index contributed by atoms with van der Waals surface area (Å²) in [6.07, 6.45) is 0. The number of hydrogen-bond acceptors (Lipinski definition) is 3. The van der Waals surface area contributed by atoms with Crippen LogP contribution in [0, 0.1) is 13.8 Å². The Balaban J connectivity index is 1.76. The zero-order valence-corrected chi connectivity index (χ0v) is 16.2. The first-order valence-corrected chi connectivity index (χ1v) is 10.2. The van der Waals surface area contributed by atoms with Gasteiger partial charge in [0.15, 0.2) is 0 Å². The molecule has 6 heteroatoms. The summed E-state index contributed by atoms with van der Waals surface area (Å²) in [5, 5.41) is 4.43. The number of anilines is 2. The highest BCUT2D eigenvalue weighted by Gasteiger charge is 2.40. The third kappa shape index (κ3) is 2.59. The first-order chi connectivity index (χ1) is 12.8. The monoisotopic (exact) mass is 380 g/mol. The number of benzene rings is 3. The van der Waals surface area contributed by atoms with Crippen molar-refractivity contribution in [3.63, 3.8) is 0 Å². The van der Waals surface area contributed by atoms with Crippen molar-refractivity contribution in [3.8, 4) is 0 Å². The maximum absolute atomic E-state index is 13.1. The first-order valence-electron chi connectivity index (χ1n) is 8.75. The second kappa shape index (κ2) is 6.09. The molecule has 0 saturated carbocycles. The average Bonchev–Trinajstić information content (AvgIpc) is 2.87. The van der Waals surface area contributed by atoms with Gasteiger partial charge in [0.2, 0.25) is 5.91 Å². The van der Waals surface area contributed by atoms with Crippen LogP contribution in [0.2, 0.25) is 0 Å². The number of hydrogen-bond donors (Lipinski definition) is 1. The number of sulfonamides is 1. The Kier molecular flexibility index (Phi) is 3.96. The Morgan fingerprint density at radius 2 is 1.56 bits per heavy atom. The van der Waals surface area contributed by atoms with Gasteiger partial charge in [-0.25, -0.2) is 8.42 Å². The predicted molar refractivity (Wildman–Crippen MR) is 108 cm³/mol. The summed E-state index contributed by atoms with van der Waals surface area (Å²) in [5.74, 6) is -0.360. The Labute approximate surface area is 158 Å². The van der Waals surface area contributed by atoms with Crippen molar-refractivity contribution in [1.29, 1.82) is 0 Å². The minimum Gasteiger partial charge on any atom is -0.324 e. The van der Waals surface area contributed by atoms with E-state index in [0.29, 0.717) is 11.1 Å². The molecule has 5 nitrogen and oxygen atoms in total. The molecule has 3 aromatic rings. The van der Waals surface area contributed by atoms with Gasteiger partial charge in [0.1, 0.15) is 6.04 Å². The van der Waals surface area contributed by atoms with Gasteiger partial charge >= 0.3 is 0 Å². The molecule has 27 heavy (non-hydrogen) atoms. The molecule has 0 aromatic heterocycles. The molecule has 1 heterocycles. The Hall–Kier alpha value is -2.86. The van der Waals surface area contributed by atoms with Gasteiger partial charge in [-0.3, -0.25) is 9.10 Å². The summed E-state index contributed by atoms with van der Waals surface area (Å²) in [4.78, 5) is 13.2. The van der Waals surface area contributed by atoms with Gasteiger partial charge < -0.3 is 5.32 Å². The van der Waals surface area contributed by atoms with E-state index in [9.17, 15) is 13.2 Å². The molecule has 0 unspecified atom stereocenters. The number of amides is 1. The zero-order chi connectivity index (χ0) is 19.3. The van der Waals surface area contributed by atoms with E-state index in [0.717, 1.165) is 22.2 Å². The zero-order valence-electron chi connectivity index (χ0n) is 15.4. The van der Waals surface area contributed by atoms with Crippen LogP contribution >= 0.6 is 0 Å². The van der Waals surface area contributed by atoms with E-state index in [1.165, 1.54) is 4.31 Å². The molecule has 138 valence electrons. The highest BCUT2D eigenvalue weighted by molar-refractivity contribution is 7.93. The van der Waals surface area contributed by atoms with E-state index in [1.807, 2.05) is 50.2 Å². The minimum absolute atomic E-state index is 0.252. The summed E-state index contributed by atoms with van der Waals surface area (Å²) in [6, 6.07) is 15.5. The fourth-order valence-corrected chi connectivity index (χ4v) is 5.55. The van der Waals surface area contributed by atoms with Crippen molar-refractivity contribution in [2.45, 2.75) is 31.7 Å². The van der Waals surface area contributed by atoms with Crippen molar-refractivity contribution in [1.82, 2.24) is 0 Å². The van der Waals surface area contributed by atoms with Crippen molar-refractivity contribution >= 4 is 38.1 Å². The fourth-order valence-electron chi connectivity index (χ4n) is 3.68. The van der Waals surface area contributed by atoms with Crippen LogP contribution in [0.15, 0.2) is 59.5 Å². The fraction of sp³-hybridized carbons (Fsp3) is 0.190. The summed E-state index contributed by atoms with van der Waals surface area (Å²) >= 11 is 0. The number of para-hydroxylation sites is 1. The number of nitrogens with one attached hydrogen (secondary N) is 1. The second-order valence-electron chi connectivity index (χ2n) is 6.86. The van der Waals surface area contributed by atoms with Crippen molar-refractivity contribution < 1.29 is 13.2 Å². The van der Waals surface area contributed by atoms with Gasteiger partial charge in [0.05, 0.1) is 10.6 Å². The predicted octanol–water partition coefficient (Wildman–Crippen LogP) is 3.99. The van der Waals surface area contributed by atoms with Crippen LogP contribution in [-0.2, 0) is 14.8 Å². The molecule has 0 aliphatic carbocycles. The van der Waals surface area contributed by atoms with Crippen molar-refractivity contribution in [3.05, 3.63) is 65.7 Å². The normalized spacial score (nSPS) is 15.7. The Morgan fingerprint density at radius 1 is 0.963 bits per heavy atom. The molecule has 0 radical (unpaired) electrons. The van der Waals surface area contributed by atoms with Gasteiger partial charge in [0.25, 0.3) is 10.0 Å². The molecular formula is C21H20N2O3S. The summed E-state index contributed by atoms with van der Waals surface area (Å²) in [7, 11) is -3.78. The summed E-state index contributed by atoms with van der Waals surface area (Å²) < 4.78 is 27.5. The second-order valence-corrected chi connectivity index (χ2v) is 8.65. The lowest BCUT2D eigenvalue weighted by Gasteiger charge is -2.26. The van der Waals surface area contributed by atoms with E-state index in [1.54, 1.807) is 25.1 Å². The van der Waals surface area contributed by atoms with Gasteiger partial charge in [-0.05, 0) is 49.4 Å². The van der Waals surface area contributed by atoms with E-state index in [-0.39, 0.29) is 10.8 Å². The largest absolute Gasteiger partial charge is 0.324 e. The van der Waals surface area contributed by atoms with Crippen LogP contribution in [0.25, 0.3) is 10.8 Å². The summed E-state index contributed by atoms with van der Waals surface area (Å²) in [6.45, 7) is 5.44. The van der Waals surface area contributed by atoms with E-state index in [4.69, 9.17) is 0 Å². The van der Waals surface area contributed by atoms with Gasteiger partial charge in [-0.1, -0.05) is 42.5 Å². The molecule has 0 spiro atoms. The van der Waals surface area contributed by atoms with E-state index < -0.39 is 16.1 Å². The van der Waals surface area contributed by atoms with E-state index >= 15 is 0 Å². The van der Waals surface area contributed by atoms with Gasteiger partial charge in [0, 0.05) is 11.1 Å². The molecule has 0 saturated heterocycles. The molecule has 1 amide bonds. The molecule has 4 rings (SSSR count). The number of carbonyl (C=O) groups is 1.